The zero-order valence-electron chi connectivity index (χ0n) is 13.3. The Bertz CT molecular complexity index is 734. The summed E-state index contributed by atoms with van der Waals surface area (Å²) in [4.78, 5) is 17.5. The van der Waals surface area contributed by atoms with Crippen LogP contribution in [0.3, 0.4) is 0 Å². The number of hydrogen-bond acceptors (Lipinski definition) is 4. The minimum atomic E-state index is -0.0409. The Morgan fingerprint density at radius 2 is 2.05 bits per heavy atom. The lowest BCUT2D eigenvalue weighted by Crippen LogP contribution is -2.38. The lowest BCUT2D eigenvalue weighted by Gasteiger charge is -2.27. The predicted octanol–water partition coefficient (Wildman–Crippen LogP) is 2.15. The van der Waals surface area contributed by atoms with Crippen LogP contribution in [0.15, 0.2) is 29.1 Å². The molecule has 0 unspecified atom stereocenters. The molecule has 1 heterocycles. The van der Waals surface area contributed by atoms with E-state index in [1.165, 1.54) is 0 Å². The molecule has 118 valence electrons. The van der Waals surface area contributed by atoms with Crippen molar-refractivity contribution in [3.63, 3.8) is 0 Å². The van der Waals surface area contributed by atoms with Gasteiger partial charge in [-0.25, -0.2) is 0 Å². The largest absolute Gasteiger partial charge is 0.497 e. The van der Waals surface area contributed by atoms with Gasteiger partial charge < -0.3 is 14.5 Å². The van der Waals surface area contributed by atoms with E-state index in [1.807, 2.05) is 24.3 Å². The predicted molar refractivity (Wildman–Crippen MR) is 86.4 cm³/mol. The molecule has 5 nitrogen and oxygen atoms in total. The molecular formula is C17H22N2O3. The number of hydrogen-bond donors (Lipinski definition) is 1. The van der Waals surface area contributed by atoms with Gasteiger partial charge in [0.25, 0.3) is 5.56 Å². The van der Waals surface area contributed by atoms with E-state index in [2.05, 4.69) is 16.9 Å². The summed E-state index contributed by atoms with van der Waals surface area (Å²) in [6.07, 6.45) is 2.25. The minimum absolute atomic E-state index is 0.0409. The van der Waals surface area contributed by atoms with Crippen LogP contribution in [0.2, 0.25) is 0 Å². The number of benzene rings is 1. The van der Waals surface area contributed by atoms with Crippen molar-refractivity contribution in [1.82, 2.24) is 9.88 Å². The first-order valence-electron chi connectivity index (χ1n) is 7.48. The monoisotopic (exact) mass is 302 g/mol. The molecule has 0 spiro atoms. The van der Waals surface area contributed by atoms with Crippen LogP contribution in [0.1, 0.15) is 18.4 Å². The van der Waals surface area contributed by atoms with Gasteiger partial charge in [0.1, 0.15) is 5.75 Å². The van der Waals surface area contributed by atoms with Gasteiger partial charge in [-0.15, -0.1) is 0 Å². The first-order chi connectivity index (χ1) is 10.6. The zero-order valence-corrected chi connectivity index (χ0v) is 13.3. The van der Waals surface area contributed by atoms with Crippen LogP contribution < -0.4 is 10.3 Å². The number of aromatic nitrogens is 1. The molecule has 1 aliphatic carbocycles. The van der Waals surface area contributed by atoms with Gasteiger partial charge in [0, 0.05) is 30.8 Å². The number of H-pyrrole nitrogens is 1. The molecule has 22 heavy (non-hydrogen) atoms. The maximum Gasteiger partial charge on any atom is 0.252 e. The summed E-state index contributed by atoms with van der Waals surface area (Å²) < 4.78 is 10.5. The molecule has 0 radical (unpaired) electrons. The maximum absolute atomic E-state index is 12.3. The molecule has 2 aromatic rings. The normalized spacial score (nSPS) is 16.2. The molecule has 0 amide bonds. The third kappa shape index (κ3) is 2.74. The molecule has 0 atom stereocenters. The first kappa shape index (κ1) is 15.1. The molecule has 1 aromatic heterocycles. The van der Waals surface area contributed by atoms with Crippen molar-refractivity contribution in [1.29, 1.82) is 0 Å². The van der Waals surface area contributed by atoms with Gasteiger partial charge in [0.05, 0.1) is 19.2 Å². The molecule has 0 bridgehead atoms. The molecule has 1 saturated carbocycles. The highest BCUT2D eigenvalue weighted by molar-refractivity contribution is 5.80. The van der Waals surface area contributed by atoms with E-state index >= 15 is 0 Å². The summed E-state index contributed by atoms with van der Waals surface area (Å²) >= 11 is 0. The highest BCUT2D eigenvalue weighted by atomic mass is 16.5. The number of pyridine rings is 1. The minimum Gasteiger partial charge on any atom is -0.497 e. The van der Waals surface area contributed by atoms with Crippen LogP contribution in [0.5, 0.6) is 5.75 Å². The van der Waals surface area contributed by atoms with Crippen molar-refractivity contribution in [3.05, 3.63) is 40.2 Å². The summed E-state index contributed by atoms with van der Waals surface area (Å²) in [7, 11) is 5.40. The second-order valence-electron chi connectivity index (χ2n) is 6.09. The summed E-state index contributed by atoms with van der Waals surface area (Å²) in [5.41, 5.74) is 1.65. The molecule has 5 heteroatoms. The van der Waals surface area contributed by atoms with E-state index in [1.54, 1.807) is 14.2 Å². The number of nitrogens with one attached hydrogen (secondary N) is 1. The highest BCUT2D eigenvalue weighted by Crippen LogP contribution is 2.41. The van der Waals surface area contributed by atoms with Crippen molar-refractivity contribution in [2.45, 2.75) is 24.9 Å². The van der Waals surface area contributed by atoms with Crippen LogP contribution in [0.25, 0.3) is 10.9 Å². The van der Waals surface area contributed by atoms with Crippen molar-refractivity contribution >= 4 is 10.9 Å². The number of nitrogens with zero attached hydrogens (tertiary/aromatic N) is 1. The summed E-state index contributed by atoms with van der Waals surface area (Å²) in [5, 5.41) is 1.01. The number of rotatable bonds is 6. The van der Waals surface area contributed by atoms with E-state index in [4.69, 9.17) is 9.47 Å². The molecule has 1 aliphatic rings. The standard InChI is InChI=1S/C17H22N2O3/c1-19(17(6-7-17)11-21-2)10-13-8-12-4-5-14(22-3)9-15(12)18-16(13)20/h4-5,8-9H,6-7,10-11H2,1-3H3,(H,18,20). The van der Waals surface area contributed by atoms with Gasteiger partial charge in [-0.2, -0.15) is 0 Å². The van der Waals surface area contributed by atoms with Crippen LogP contribution in [-0.2, 0) is 11.3 Å². The van der Waals surface area contributed by atoms with Crippen molar-refractivity contribution in [2.24, 2.45) is 0 Å². The molecular weight excluding hydrogens is 280 g/mol. The molecule has 0 saturated heterocycles. The van der Waals surface area contributed by atoms with Gasteiger partial charge in [0.2, 0.25) is 0 Å². The van der Waals surface area contributed by atoms with E-state index in [-0.39, 0.29) is 11.1 Å². The number of aromatic amines is 1. The SMILES string of the molecule is COCC1(N(C)Cc2cc3ccc(OC)cc3[nH]c2=O)CC1. The first-order valence-corrected chi connectivity index (χ1v) is 7.48. The molecule has 1 fully saturated rings. The van der Waals surface area contributed by atoms with Crippen molar-refractivity contribution in [3.8, 4) is 5.75 Å². The highest BCUT2D eigenvalue weighted by Gasteiger charge is 2.46. The summed E-state index contributed by atoms with van der Waals surface area (Å²) in [5.74, 6) is 0.741. The van der Waals surface area contributed by atoms with Crippen LogP contribution in [0, 0.1) is 0 Å². The Balaban J connectivity index is 1.88. The Morgan fingerprint density at radius 3 is 2.68 bits per heavy atom. The van der Waals surface area contributed by atoms with E-state index in [0.29, 0.717) is 13.2 Å². The molecule has 1 N–H and O–H groups in total. The molecule has 0 aliphatic heterocycles. The third-order valence-electron chi connectivity index (χ3n) is 4.59. The number of methoxy groups -OCH3 is 2. The Kier molecular flexibility index (Phi) is 3.93. The average Bonchev–Trinajstić information content (AvgIpc) is 3.29. The summed E-state index contributed by atoms with van der Waals surface area (Å²) in [6.45, 7) is 1.34. The van der Waals surface area contributed by atoms with E-state index in [0.717, 1.165) is 35.1 Å². The van der Waals surface area contributed by atoms with E-state index < -0.39 is 0 Å². The molecule has 1 aromatic carbocycles. The Labute approximate surface area is 129 Å². The van der Waals surface area contributed by atoms with Crippen LogP contribution in [0.4, 0.5) is 0 Å². The van der Waals surface area contributed by atoms with Crippen LogP contribution >= 0.6 is 0 Å². The number of ether oxygens (including phenoxy) is 2. The second-order valence-corrected chi connectivity index (χ2v) is 6.09. The fourth-order valence-corrected chi connectivity index (χ4v) is 2.94. The van der Waals surface area contributed by atoms with Gasteiger partial charge in [-0.05, 0) is 43.5 Å². The average molecular weight is 302 g/mol. The van der Waals surface area contributed by atoms with Crippen LogP contribution in [-0.4, -0.2) is 43.3 Å². The number of likely N-dealkylation sites (N-methyl/N-ethyl adjacent to an activating group) is 1. The smallest absolute Gasteiger partial charge is 0.252 e. The Morgan fingerprint density at radius 1 is 1.27 bits per heavy atom. The fourth-order valence-electron chi connectivity index (χ4n) is 2.94. The number of fused-ring (bicyclic) bond motifs is 1. The molecule has 3 rings (SSSR count). The Hall–Kier alpha value is -1.85. The summed E-state index contributed by atoms with van der Waals surface area (Å²) in [6, 6.07) is 7.68. The van der Waals surface area contributed by atoms with Gasteiger partial charge in [0.15, 0.2) is 0 Å². The maximum atomic E-state index is 12.3. The van der Waals surface area contributed by atoms with Crippen molar-refractivity contribution < 1.29 is 9.47 Å². The van der Waals surface area contributed by atoms with Gasteiger partial charge in [-0.3, -0.25) is 9.69 Å². The fraction of sp³-hybridized carbons (Fsp3) is 0.471. The second kappa shape index (κ2) is 5.74. The topological polar surface area (TPSA) is 54.6 Å². The van der Waals surface area contributed by atoms with E-state index in [9.17, 15) is 4.79 Å². The van der Waals surface area contributed by atoms with Gasteiger partial charge in [-0.1, -0.05) is 0 Å². The van der Waals surface area contributed by atoms with Gasteiger partial charge >= 0.3 is 0 Å². The quantitative estimate of drug-likeness (QED) is 0.888. The third-order valence-corrected chi connectivity index (χ3v) is 4.59. The lowest BCUT2D eigenvalue weighted by atomic mass is 10.1. The van der Waals surface area contributed by atoms with Crippen molar-refractivity contribution in [2.75, 3.05) is 27.9 Å². The lowest BCUT2D eigenvalue weighted by molar-refractivity contribution is 0.0870. The zero-order chi connectivity index (χ0) is 15.7.